The van der Waals surface area contributed by atoms with Crippen LogP contribution in [0.3, 0.4) is 0 Å². The maximum Gasteiger partial charge on any atom is 0.426 e. The fourth-order valence-electron chi connectivity index (χ4n) is 2.72. The minimum Gasteiger partial charge on any atom is -0.465 e. The molecular weight excluding hydrogens is 384 g/mol. The third-order valence-corrected chi connectivity index (χ3v) is 5.67. The van der Waals surface area contributed by atoms with Gasteiger partial charge in [-0.15, -0.1) is 0 Å². The molecule has 1 aliphatic heterocycles. The first-order chi connectivity index (χ1) is 13.4. The van der Waals surface area contributed by atoms with E-state index >= 15 is 0 Å². The van der Waals surface area contributed by atoms with Crippen molar-refractivity contribution < 1.29 is 26.9 Å². The highest BCUT2D eigenvalue weighted by Gasteiger charge is 2.33. The number of benzene rings is 1. The normalized spacial score (nSPS) is 13.6. The molecule has 0 spiro atoms. The molecule has 156 valence electrons. The lowest BCUT2D eigenvalue weighted by molar-refractivity contribution is -0.141. The molecule has 1 heterocycles. The number of rotatable bonds is 10. The van der Waals surface area contributed by atoms with Gasteiger partial charge in [-0.25, -0.2) is 9.10 Å². The van der Waals surface area contributed by atoms with Crippen molar-refractivity contribution in [2.24, 2.45) is 0 Å². The summed E-state index contributed by atoms with van der Waals surface area (Å²) < 4.78 is 35.7. The predicted octanol–water partition coefficient (Wildman–Crippen LogP) is 2.88. The van der Waals surface area contributed by atoms with Gasteiger partial charge in [0.2, 0.25) is 0 Å². The SMILES string of the molecule is CCCCCc1ccc(N(CC(=O)OCC)S(=O)(=O)OC(=O)N2CCC2)cc1. The monoisotopic (exact) mass is 412 g/mol. The van der Waals surface area contributed by atoms with Crippen LogP contribution in [-0.2, 0) is 30.4 Å². The summed E-state index contributed by atoms with van der Waals surface area (Å²) in [7, 11) is -4.50. The van der Waals surface area contributed by atoms with Gasteiger partial charge < -0.3 is 13.8 Å². The van der Waals surface area contributed by atoms with Crippen LogP contribution in [0.15, 0.2) is 24.3 Å². The molecule has 9 heteroatoms. The maximum absolute atomic E-state index is 12.7. The first-order valence-corrected chi connectivity index (χ1v) is 11.0. The molecule has 0 saturated carbocycles. The fourth-order valence-corrected chi connectivity index (χ4v) is 3.74. The van der Waals surface area contributed by atoms with E-state index < -0.39 is 28.9 Å². The largest absolute Gasteiger partial charge is 0.465 e. The van der Waals surface area contributed by atoms with Crippen LogP contribution in [0.1, 0.15) is 45.1 Å². The predicted molar refractivity (Wildman–Crippen MR) is 105 cm³/mol. The van der Waals surface area contributed by atoms with Crippen molar-refractivity contribution in [1.82, 2.24) is 4.90 Å². The van der Waals surface area contributed by atoms with E-state index in [1.165, 1.54) is 4.90 Å². The fraction of sp³-hybridized carbons (Fsp3) is 0.579. The van der Waals surface area contributed by atoms with Crippen LogP contribution < -0.4 is 4.31 Å². The van der Waals surface area contributed by atoms with Gasteiger partial charge in [-0.05, 0) is 43.9 Å². The van der Waals surface area contributed by atoms with Gasteiger partial charge in [-0.1, -0.05) is 31.9 Å². The molecular formula is C19H28N2O6S. The number of ether oxygens (including phenoxy) is 1. The van der Waals surface area contributed by atoms with Crippen molar-refractivity contribution in [3.05, 3.63) is 29.8 Å². The Bertz CT molecular complexity index is 759. The summed E-state index contributed by atoms with van der Waals surface area (Å²) in [5.41, 5.74) is 1.31. The molecule has 1 aliphatic rings. The van der Waals surface area contributed by atoms with Gasteiger partial charge in [0.25, 0.3) is 0 Å². The number of aryl methyl sites for hydroxylation is 1. The topological polar surface area (TPSA) is 93.2 Å². The maximum atomic E-state index is 12.7. The van der Waals surface area contributed by atoms with Crippen LogP contribution in [0.2, 0.25) is 0 Å². The number of carbonyl (C=O) groups excluding carboxylic acids is 2. The Labute approximate surface area is 166 Å². The summed E-state index contributed by atoms with van der Waals surface area (Å²) in [6, 6.07) is 6.84. The summed E-state index contributed by atoms with van der Waals surface area (Å²) in [5.74, 6) is -0.724. The summed E-state index contributed by atoms with van der Waals surface area (Å²) in [5, 5.41) is 0. The average molecular weight is 413 g/mol. The van der Waals surface area contributed by atoms with Crippen molar-refractivity contribution in [2.45, 2.75) is 46.0 Å². The van der Waals surface area contributed by atoms with Gasteiger partial charge in [0.1, 0.15) is 6.54 Å². The molecule has 28 heavy (non-hydrogen) atoms. The number of likely N-dealkylation sites (tertiary alicyclic amines) is 1. The van der Waals surface area contributed by atoms with E-state index in [-0.39, 0.29) is 12.3 Å². The van der Waals surface area contributed by atoms with E-state index in [2.05, 4.69) is 6.92 Å². The van der Waals surface area contributed by atoms with Gasteiger partial charge >= 0.3 is 22.4 Å². The molecule has 0 bridgehead atoms. The Balaban J connectivity index is 2.17. The molecule has 0 unspecified atom stereocenters. The number of anilines is 1. The van der Waals surface area contributed by atoms with E-state index in [1.54, 1.807) is 19.1 Å². The summed E-state index contributed by atoms with van der Waals surface area (Å²) in [6.45, 7) is 4.22. The smallest absolute Gasteiger partial charge is 0.426 e. The molecule has 1 amide bonds. The van der Waals surface area contributed by atoms with Crippen molar-refractivity contribution in [3.8, 4) is 0 Å². The zero-order chi connectivity index (χ0) is 20.6. The highest BCUT2D eigenvalue weighted by atomic mass is 32.2. The molecule has 1 fully saturated rings. The number of hydrogen-bond acceptors (Lipinski definition) is 6. The average Bonchev–Trinajstić information content (AvgIpc) is 2.59. The number of esters is 1. The minimum absolute atomic E-state index is 0.122. The van der Waals surface area contributed by atoms with Gasteiger partial charge in [-0.3, -0.25) is 4.79 Å². The highest BCUT2D eigenvalue weighted by Crippen LogP contribution is 2.22. The number of carbonyl (C=O) groups is 2. The van der Waals surface area contributed by atoms with Crippen LogP contribution >= 0.6 is 0 Å². The summed E-state index contributed by atoms with van der Waals surface area (Å²) >= 11 is 0. The lowest BCUT2D eigenvalue weighted by Gasteiger charge is -2.30. The molecule has 0 aromatic heterocycles. The third-order valence-electron chi connectivity index (χ3n) is 4.43. The molecule has 2 rings (SSSR count). The first-order valence-electron chi connectivity index (χ1n) is 9.63. The highest BCUT2D eigenvalue weighted by molar-refractivity contribution is 7.88. The summed E-state index contributed by atoms with van der Waals surface area (Å²) in [4.78, 5) is 25.2. The quantitative estimate of drug-likeness (QED) is 0.433. The van der Waals surface area contributed by atoms with Crippen molar-refractivity contribution in [3.63, 3.8) is 0 Å². The second-order valence-corrected chi connectivity index (χ2v) is 8.05. The Morgan fingerprint density at radius 3 is 2.32 bits per heavy atom. The number of amides is 1. The molecule has 0 aliphatic carbocycles. The van der Waals surface area contributed by atoms with Crippen LogP contribution in [-0.4, -0.2) is 51.6 Å². The molecule has 1 aromatic rings. The van der Waals surface area contributed by atoms with E-state index in [1.807, 2.05) is 12.1 Å². The second-order valence-electron chi connectivity index (χ2n) is 6.58. The Hall–Kier alpha value is -2.29. The van der Waals surface area contributed by atoms with E-state index in [0.29, 0.717) is 13.1 Å². The zero-order valence-corrected chi connectivity index (χ0v) is 17.2. The van der Waals surface area contributed by atoms with Gasteiger partial charge in [0.05, 0.1) is 12.3 Å². The van der Waals surface area contributed by atoms with Crippen LogP contribution in [0.5, 0.6) is 0 Å². The van der Waals surface area contributed by atoms with Crippen molar-refractivity contribution in [2.75, 3.05) is 30.5 Å². The lowest BCUT2D eigenvalue weighted by Crippen LogP contribution is -2.46. The Morgan fingerprint density at radius 2 is 1.79 bits per heavy atom. The van der Waals surface area contributed by atoms with Crippen LogP contribution in [0.4, 0.5) is 10.5 Å². The summed E-state index contributed by atoms with van der Waals surface area (Å²) in [6.07, 6.45) is 4.05. The molecule has 0 atom stereocenters. The lowest BCUT2D eigenvalue weighted by atomic mass is 10.1. The van der Waals surface area contributed by atoms with Gasteiger partial charge in [0, 0.05) is 13.1 Å². The number of unbranched alkanes of at least 4 members (excludes halogenated alkanes) is 2. The Morgan fingerprint density at radius 1 is 1.11 bits per heavy atom. The minimum atomic E-state index is -4.50. The molecule has 1 saturated heterocycles. The molecule has 1 aromatic carbocycles. The molecule has 8 nitrogen and oxygen atoms in total. The van der Waals surface area contributed by atoms with E-state index in [9.17, 15) is 18.0 Å². The molecule has 0 radical (unpaired) electrons. The van der Waals surface area contributed by atoms with Gasteiger partial charge in [0.15, 0.2) is 0 Å². The van der Waals surface area contributed by atoms with Crippen molar-refractivity contribution in [1.29, 1.82) is 0 Å². The second kappa shape index (κ2) is 10.3. The third kappa shape index (κ3) is 6.12. The van der Waals surface area contributed by atoms with Crippen molar-refractivity contribution >= 4 is 28.1 Å². The van der Waals surface area contributed by atoms with Crippen LogP contribution in [0.25, 0.3) is 0 Å². The van der Waals surface area contributed by atoms with Crippen LogP contribution in [0, 0.1) is 0 Å². The zero-order valence-electron chi connectivity index (χ0n) is 16.4. The van der Waals surface area contributed by atoms with E-state index in [0.717, 1.165) is 42.0 Å². The first kappa shape index (κ1) is 22.0. The van der Waals surface area contributed by atoms with E-state index in [4.69, 9.17) is 8.92 Å². The molecule has 0 N–H and O–H groups in total. The number of nitrogens with zero attached hydrogens (tertiary/aromatic N) is 2. The number of hydrogen-bond donors (Lipinski definition) is 0. The standard InChI is InChI=1S/C19H28N2O6S/c1-3-5-6-8-16-9-11-17(12-10-16)21(15-18(22)26-4-2)28(24,25)27-19(23)20-13-7-14-20/h9-12H,3-8,13-15H2,1-2H3. The Kier molecular flexibility index (Phi) is 8.10. The van der Waals surface area contributed by atoms with Gasteiger partial charge in [-0.2, -0.15) is 8.42 Å².